The molecule has 1 N–H and O–H groups in total. The summed E-state index contributed by atoms with van der Waals surface area (Å²) in [4.78, 5) is 9.91. The summed E-state index contributed by atoms with van der Waals surface area (Å²) in [7, 11) is 0. The largest absolute Gasteiger partial charge is 0.510 e. The molecule has 0 unspecified atom stereocenters. The molecule has 1 aromatic carbocycles. The van der Waals surface area contributed by atoms with Crippen LogP contribution in [0.25, 0.3) is 0 Å². The summed E-state index contributed by atoms with van der Waals surface area (Å²) < 4.78 is 0. The molecule has 0 amide bonds. The molecule has 0 aliphatic rings. The van der Waals surface area contributed by atoms with Crippen LogP contribution < -0.4 is 0 Å². The zero-order chi connectivity index (χ0) is 6.69. The van der Waals surface area contributed by atoms with Gasteiger partial charge in [0, 0.05) is 32.7 Å². The first-order valence-electron chi connectivity index (χ1n) is 2.50. The topological polar surface area (TPSA) is 37.3 Å². The van der Waals surface area contributed by atoms with Gasteiger partial charge in [0.1, 0.15) is 0 Å². The van der Waals surface area contributed by atoms with Crippen LogP contribution in [-0.2, 0) is 37.5 Å². The van der Waals surface area contributed by atoms with Gasteiger partial charge < -0.3 is 17.3 Å². The zero-order valence-electron chi connectivity index (χ0n) is 6.24. The predicted octanol–water partition coefficient (Wildman–Crippen LogP) is 1.30. The van der Waals surface area contributed by atoms with Gasteiger partial charge in [0.25, 0.3) is 0 Å². The maximum Gasteiger partial charge on any atom is 0.0910 e. The first-order valence-corrected chi connectivity index (χ1v) is 2.50. The molecule has 0 heterocycles. The van der Waals surface area contributed by atoms with E-state index in [0.29, 0.717) is 5.56 Å². The second-order valence-electron chi connectivity index (χ2n) is 1.65. The van der Waals surface area contributed by atoms with Crippen LogP contribution in [0.15, 0.2) is 24.3 Å². The third-order valence-electron chi connectivity index (χ3n) is 0.985. The molecule has 3 heteroatoms. The van der Waals surface area contributed by atoms with Gasteiger partial charge in [0.15, 0.2) is 0 Å². The predicted molar refractivity (Wildman–Crippen MR) is 39.3 cm³/mol. The maximum atomic E-state index is 9.91. The van der Waals surface area contributed by atoms with Crippen LogP contribution in [0, 0.1) is 7.43 Å². The fourth-order valence-electron chi connectivity index (χ4n) is 0.529. The second kappa shape index (κ2) is 6.50. The Labute approximate surface area is 91.5 Å². The van der Waals surface area contributed by atoms with Crippen molar-refractivity contribution >= 4 is 6.29 Å². The molecule has 0 saturated carbocycles. The molecule has 0 saturated heterocycles. The number of hydrogen-bond donors (Lipinski definition) is 1. The van der Waals surface area contributed by atoms with E-state index in [2.05, 4.69) is 0 Å². The number of carbonyl (C=O) groups excluding carboxylic acids is 1. The Morgan fingerprint density at radius 1 is 1.18 bits per heavy atom. The average molecular weight is 225 g/mol. The van der Waals surface area contributed by atoms with Gasteiger partial charge in [0.2, 0.25) is 0 Å². The fraction of sp³-hybridized carbons (Fsp3) is 0. The SMILES string of the molecule is O=[C-]c1ccc(O)cc1.[CH3-].[Y]. The van der Waals surface area contributed by atoms with E-state index in [4.69, 9.17) is 5.11 Å². The summed E-state index contributed by atoms with van der Waals surface area (Å²) in [6.07, 6.45) is 1.69. The van der Waals surface area contributed by atoms with Crippen LogP contribution >= 0.6 is 0 Å². The molecule has 0 aliphatic heterocycles. The van der Waals surface area contributed by atoms with Crippen molar-refractivity contribution in [2.24, 2.45) is 0 Å². The Bertz CT molecular complexity index is 206. The summed E-state index contributed by atoms with van der Waals surface area (Å²) in [5.74, 6) is 0.161. The zero-order valence-corrected chi connectivity index (χ0v) is 9.08. The van der Waals surface area contributed by atoms with Crippen molar-refractivity contribution in [2.45, 2.75) is 0 Å². The van der Waals surface area contributed by atoms with Crippen LogP contribution in [0.2, 0.25) is 0 Å². The van der Waals surface area contributed by atoms with E-state index in [-0.39, 0.29) is 45.9 Å². The van der Waals surface area contributed by atoms with Gasteiger partial charge in [-0.25, -0.2) is 0 Å². The molecule has 0 atom stereocenters. The summed E-state index contributed by atoms with van der Waals surface area (Å²) in [6.45, 7) is 0. The van der Waals surface area contributed by atoms with E-state index in [0.717, 1.165) is 0 Å². The molecular formula is C8H8O2Y-2. The van der Waals surface area contributed by atoms with Gasteiger partial charge in [-0.1, -0.05) is 12.1 Å². The van der Waals surface area contributed by atoms with E-state index in [1.807, 2.05) is 0 Å². The van der Waals surface area contributed by atoms with Crippen LogP contribution in [0.4, 0.5) is 0 Å². The normalized spacial score (nSPS) is 7.27. The van der Waals surface area contributed by atoms with Crippen molar-refractivity contribution in [3.05, 3.63) is 37.3 Å². The Hall–Kier alpha value is -0.206. The molecule has 0 aliphatic carbocycles. The summed E-state index contributed by atoms with van der Waals surface area (Å²) in [5, 5.41) is 8.72. The van der Waals surface area contributed by atoms with Crippen molar-refractivity contribution in [1.29, 1.82) is 0 Å². The van der Waals surface area contributed by atoms with Gasteiger partial charge in [-0.05, 0) is 0 Å². The van der Waals surface area contributed by atoms with Crippen molar-refractivity contribution in [1.82, 2.24) is 0 Å². The number of phenolic OH excluding ortho intramolecular Hbond substituents is 1. The second-order valence-corrected chi connectivity index (χ2v) is 1.65. The minimum absolute atomic E-state index is 0. The minimum atomic E-state index is 0. The Morgan fingerprint density at radius 3 is 2.00 bits per heavy atom. The minimum Gasteiger partial charge on any atom is -0.510 e. The van der Waals surface area contributed by atoms with Gasteiger partial charge in [-0.15, -0.1) is 0 Å². The van der Waals surface area contributed by atoms with E-state index >= 15 is 0 Å². The first kappa shape index (κ1) is 13.4. The van der Waals surface area contributed by atoms with Crippen LogP contribution in [0.5, 0.6) is 5.75 Å². The van der Waals surface area contributed by atoms with Crippen LogP contribution in [0.1, 0.15) is 5.56 Å². The Kier molecular flexibility index (Phi) is 7.91. The molecular weight excluding hydrogens is 217 g/mol. The fourth-order valence-corrected chi connectivity index (χ4v) is 0.529. The third-order valence-corrected chi connectivity index (χ3v) is 0.985. The smallest absolute Gasteiger partial charge is 0.0910 e. The molecule has 0 fully saturated rings. The number of benzene rings is 1. The maximum absolute atomic E-state index is 9.91. The summed E-state index contributed by atoms with van der Waals surface area (Å²) in [6, 6.07) is 5.89. The number of rotatable bonds is 1. The van der Waals surface area contributed by atoms with Gasteiger partial charge in [-0.2, -0.15) is 17.7 Å². The Morgan fingerprint density at radius 2 is 1.64 bits per heavy atom. The molecule has 2 nitrogen and oxygen atoms in total. The van der Waals surface area contributed by atoms with Crippen LogP contribution in [0.3, 0.4) is 0 Å². The van der Waals surface area contributed by atoms with Gasteiger partial charge >= 0.3 is 0 Å². The van der Waals surface area contributed by atoms with Crippen molar-refractivity contribution in [3.8, 4) is 5.75 Å². The number of hydrogen-bond acceptors (Lipinski definition) is 2. The van der Waals surface area contributed by atoms with Gasteiger partial charge in [0.05, 0.1) is 12.0 Å². The standard InChI is InChI=1S/C7H5O2.CH3.Y/c8-5-6-1-3-7(9)4-2-6;;/h1-4,9H;1H3;/q2*-1;. The molecule has 1 aromatic rings. The van der Waals surface area contributed by atoms with E-state index in [9.17, 15) is 4.79 Å². The first-order chi connectivity index (χ1) is 4.33. The van der Waals surface area contributed by atoms with Crippen molar-refractivity contribution < 1.29 is 42.6 Å². The number of aromatic hydroxyl groups is 1. The number of phenols is 1. The van der Waals surface area contributed by atoms with Gasteiger partial charge in [-0.3, -0.25) is 0 Å². The van der Waals surface area contributed by atoms with Crippen LogP contribution in [-0.4, -0.2) is 11.4 Å². The van der Waals surface area contributed by atoms with E-state index in [1.165, 1.54) is 24.3 Å². The van der Waals surface area contributed by atoms with E-state index in [1.54, 1.807) is 6.29 Å². The molecule has 11 heavy (non-hydrogen) atoms. The molecule has 57 valence electrons. The molecule has 0 aromatic heterocycles. The average Bonchev–Trinajstić information content (AvgIpc) is 1.90. The monoisotopic (exact) mass is 225 g/mol. The molecule has 0 spiro atoms. The Balaban J connectivity index is 0. The molecule has 0 bridgehead atoms. The summed E-state index contributed by atoms with van der Waals surface area (Å²) >= 11 is 0. The third kappa shape index (κ3) is 4.28. The molecule has 1 rings (SSSR count). The quantitative estimate of drug-likeness (QED) is 0.731. The molecule has 1 radical (unpaired) electrons. The van der Waals surface area contributed by atoms with Crippen molar-refractivity contribution in [3.63, 3.8) is 0 Å². The van der Waals surface area contributed by atoms with Crippen molar-refractivity contribution in [2.75, 3.05) is 0 Å². The summed E-state index contributed by atoms with van der Waals surface area (Å²) in [5.41, 5.74) is 0.452. The van der Waals surface area contributed by atoms with E-state index < -0.39 is 0 Å².